The molecule has 1 aromatic rings. The van der Waals surface area contributed by atoms with Gasteiger partial charge in [-0.1, -0.05) is 25.4 Å². The molecule has 0 spiro atoms. The Balaban J connectivity index is 3.05. The number of halogens is 1. The van der Waals surface area contributed by atoms with Gasteiger partial charge in [0, 0.05) is 11.6 Å². The molecule has 0 fully saturated rings. The fourth-order valence-corrected chi connectivity index (χ4v) is 1.30. The monoisotopic (exact) mass is 199 g/mol. The maximum absolute atomic E-state index is 5.93. The lowest BCUT2D eigenvalue weighted by Gasteiger charge is -2.16. The molecule has 0 aliphatic rings. The van der Waals surface area contributed by atoms with Crippen LogP contribution in [0.5, 0.6) is 0 Å². The van der Waals surface area contributed by atoms with Crippen molar-refractivity contribution in [2.45, 2.75) is 19.9 Å². The predicted molar refractivity (Wildman–Crippen MR) is 55.4 cm³/mol. The van der Waals surface area contributed by atoms with Crippen LogP contribution in [0, 0.1) is 5.92 Å². The summed E-state index contributed by atoms with van der Waals surface area (Å²) in [5.41, 5.74) is 12.9. The number of hydrogen-bond donors (Lipinski definition) is 2. The number of rotatable bonds is 2. The zero-order valence-corrected chi connectivity index (χ0v) is 8.55. The Morgan fingerprint density at radius 2 is 2.08 bits per heavy atom. The summed E-state index contributed by atoms with van der Waals surface area (Å²) in [6.45, 7) is 4.06. The quantitative estimate of drug-likeness (QED) is 0.716. The number of anilines is 1. The molecule has 1 unspecified atom stereocenters. The SMILES string of the molecule is CC(C)C(N)c1cc(N)cnc1Cl. The molecule has 4 heteroatoms. The summed E-state index contributed by atoms with van der Waals surface area (Å²) in [5, 5.41) is 0.440. The van der Waals surface area contributed by atoms with E-state index in [-0.39, 0.29) is 6.04 Å². The van der Waals surface area contributed by atoms with E-state index >= 15 is 0 Å². The molecule has 0 saturated carbocycles. The van der Waals surface area contributed by atoms with Gasteiger partial charge in [-0.15, -0.1) is 0 Å². The van der Waals surface area contributed by atoms with E-state index in [1.807, 2.05) is 13.8 Å². The molecule has 0 aromatic carbocycles. The van der Waals surface area contributed by atoms with E-state index in [2.05, 4.69) is 4.98 Å². The lowest BCUT2D eigenvalue weighted by Crippen LogP contribution is -2.17. The average molecular weight is 200 g/mol. The Labute approximate surface area is 83.1 Å². The van der Waals surface area contributed by atoms with Gasteiger partial charge in [0.05, 0.1) is 11.9 Å². The summed E-state index contributed by atoms with van der Waals surface area (Å²) in [4.78, 5) is 3.94. The summed E-state index contributed by atoms with van der Waals surface area (Å²) in [7, 11) is 0. The normalized spacial score (nSPS) is 13.3. The Bertz CT molecular complexity index is 299. The van der Waals surface area contributed by atoms with Crippen molar-refractivity contribution in [1.82, 2.24) is 4.98 Å². The van der Waals surface area contributed by atoms with E-state index in [1.165, 1.54) is 6.20 Å². The molecule has 0 aliphatic heterocycles. The van der Waals surface area contributed by atoms with Crippen LogP contribution in [-0.2, 0) is 0 Å². The fraction of sp³-hybridized carbons (Fsp3) is 0.444. The van der Waals surface area contributed by atoms with Gasteiger partial charge in [-0.2, -0.15) is 0 Å². The van der Waals surface area contributed by atoms with Crippen LogP contribution in [0.25, 0.3) is 0 Å². The lowest BCUT2D eigenvalue weighted by atomic mass is 9.98. The van der Waals surface area contributed by atoms with Crippen molar-refractivity contribution in [1.29, 1.82) is 0 Å². The molecule has 1 heterocycles. The Kier molecular flexibility index (Phi) is 3.12. The molecule has 0 bridgehead atoms. The third kappa shape index (κ3) is 2.32. The van der Waals surface area contributed by atoms with Crippen LogP contribution in [0.2, 0.25) is 5.15 Å². The average Bonchev–Trinajstić information content (AvgIpc) is 2.08. The molecule has 1 atom stereocenters. The first-order chi connectivity index (χ1) is 6.02. The second-order valence-corrected chi connectivity index (χ2v) is 3.78. The van der Waals surface area contributed by atoms with Gasteiger partial charge in [0.1, 0.15) is 5.15 Å². The lowest BCUT2D eigenvalue weighted by molar-refractivity contribution is 0.513. The molecule has 4 N–H and O–H groups in total. The minimum Gasteiger partial charge on any atom is -0.397 e. The van der Waals surface area contributed by atoms with Crippen LogP contribution in [0.1, 0.15) is 25.5 Å². The van der Waals surface area contributed by atoms with E-state index in [0.29, 0.717) is 16.8 Å². The number of nitrogens with two attached hydrogens (primary N) is 2. The van der Waals surface area contributed by atoms with Crippen LogP contribution in [0.3, 0.4) is 0 Å². The first-order valence-corrected chi connectivity index (χ1v) is 4.56. The third-order valence-corrected chi connectivity index (χ3v) is 2.28. The van der Waals surface area contributed by atoms with Crippen molar-refractivity contribution in [3.63, 3.8) is 0 Å². The number of hydrogen-bond acceptors (Lipinski definition) is 3. The van der Waals surface area contributed by atoms with Crippen molar-refractivity contribution in [3.8, 4) is 0 Å². The van der Waals surface area contributed by atoms with Gasteiger partial charge in [-0.3, -0.25) is 0 Å². The topological polar surface area (TPSA) is 64.9 Å². The van der Waals surface area contributed by atoms with E-state index in [1.54, 1.807) is 6.07 Å². The zero-order chi connectivity index (χ0) is 10.0. The highest BCUT2D eigenvalue weighted by molar-refractivity contribution is 6.30. The molecule has 1 aromatic heterocycles. The molecular weight excluding hydrogens is 186 g/mol. The van der Waals surface area contributed by atoms with Crippen molar-refractivity contribution >= 4 is 17.3 Å². The third-order valence-electron chi connectivity index (χ3n) is 1.96. The van der Waals surface area contributed by atoms with E-state index in [4.69, 9.17) is 23.1 Å². The van der Waals surface area contributed by atoms with Crippen LogP contribution >= 0.6 is 11.6 Å². The molecular formula is C9H14ClN3. The van der Waals surface area contributed by atoms with Gasteiger partial charge in [0.15, 0.2) is 0 Å². The molecule has 72 valence electrons. The Hall–Kier alpha value is -0.800. The highest BCUT2D eigenvalue weighted by atomic mass is 35.5. The van der Waals surface area contributed by atoms with E-state index in [9.17, 15) is 0 Å². The number of nitrogens with zero attached hydrogens (tertiary/aromatic N) is 1. The zero-order valence-electron chi connectivity index (χ0n) is 7.79. The minimum absolute atomic E-state index is 0.108. The van der Waals surface area contributed by atoms with Gasteiger partial charge in [0.25, 0.3) is 0 Å². The van der Waals surface area contributed by atoms with Crippen molar-refractivity contribution in [3.05, 3.63) is 23.0 Å². The minimum atomic E-state index is -0.108. The molecule has 3 nitrogen and oxygen atoms in total. The van der Waals surface area contributed by atoms with Crippen LogP contribution in [-0.4, -0.2) is 4.98 Å². The molecule has 1 rings (SSSR count). The highest BCUT2D eigenvalue weighted by Gasteiger charge is 2.14. The molecule has 0 saturated heterocycles. The van der Waals surface area contributed by atoms with Gasteiger partial charge < -0.3 is 11.5 Å². The largest absolute Gasteiger partial charge is 0.397 e. The molecule has 0 aliphatic carbocycles. The molecule has 13 heavy (non-hydrogen) atoms. The Morgan fingerprint density at radius 3 is 2.62 bits per heavy atom. The van der Waals surface area contributed by atoms with E-state index < -0.39 is 0 Å². The second-order valence-electron chi connectivity index (χ2n) is 3.42. The summed E-state index contributed by atoms with van der Waals surface area (Å²) in [5.74, 6) is 0.320. The van der Waals surface area contributed by atoms with Gasteiger partial charge >= 0.3 is 0 Å². The van der Waals surface area contributed by atoms with Crippen molar-refractivity contribution in [2.75, 3.05) is 5.73 Å². The molecule has 0 amide bonds. The second kappa shape index (κ2) is 3.94. The number of pyridine rings is 1. The van der Waals surface area contributed by atoms with Crippen molar-refractivity contribution in [2.24, 2.45) is 11.7 Å². The van der Waals surface area contributed by atoms with Gasteiger partial charge in [-0.25, -0.2) is 4.98 Å². The standard InChI is InChI=1S/C9H14ClN3/c1-5(2)8(12)7-3-6(11)4-13-9(7)10/h3-5,8H,11-12H2,1-2H3. The predicted octanol–water partition coefficient (Wildman–Crippen LogP) is 1.97. The van der Waals surface area contributed by atoms with Crippen LogP contribution in [0.4, 0.5) is 5.69 Å². The number of aromatic nitrogens is 1. The van der Waals surface area contributed by atoms with Gasteiger partial charge in [-0.05, 0) is 12.0 Å². The van der Waals surface area contributed by atoms with Crippen LogP contribution < -0.4 is 11.5 Å². The van der Waals surface area contributed by atoms with E-state index in [0.717, 1.165) is 5.56 Å². The smallest absolute Gasteiger partial charge is 0.133 e. The Morgan fingerprint density at radius 1 is 1.46 bits per heavy atom. The fourth-order valence-electron chi connectivity index (χ4n) is 1.07. The molecule has 0 radical (unpaired) electrons. The summed E-state index contributed by atoms with van der Waals surface area (Å²) in [6, 6.07) is 1.67. The van der Waals surface area contributed by atoms with Crippen LogP contribution in [0.15, 0.2) is 12.3 Å². The summed E-state index contributed by atoms with van der Waals surface area (Å²) >= 11 is 5.89. The van der Waals surface area contributed by atoms with Gasteiger partial charge in [0.2, 0.25) is 0 Å². The maximum atomic E-state index is 5.93. The first kappa shape index (κ1) is 10.3. The first-order valence-electron chi connectivity index (χ1n) is 4.19. The summed E-state index contributed by atoms with van der Waals surface area (Å²) < 4.78 is 0. The summed E-state index contributed by atoms with van der Waals surface area (Å²) in [6.07, 6.45) is 1.53. The maximum Gasteiger partial charge on any atom is 0.133 e. The number of nitrogen functional groups attached to an aromatic ring is 1. The van der Waals surface area contributed by atoms with Crippen molar-refractivity contribution < 1.29 is 0 Å². The highest BCUT2D eigenvalue weighted by Crippen LogP contribution is 2.25.